The van der Waals surface area contributed by atoms with Crippen molar-refractivity contribution in [3.63, 3.8) is 0 Å². The highest BCUT2D eigenvalue weighted by molar-refractivity contribution is 6.35. The number of methoxy groups -OCH3 is 1. The van der Waals surface area contributed by atoms with E-state index in [-0.39, 0.29) is 24.8 Å². The van der Waals surface area contributed by atoms with Gasteiger partial charge >= 0.3 is 0 Å². The van der Waals surface area contributed by atoms with Crippen molar-refractivity contribution in [3.05, 3.63) is 45.8 Å². The molecule has 0 unspecified atom stereocenters. The summed E-state index contributed by atoms with van der Waals surface area (Å²) in [6, 6.07) is 3.73. The third-order valence-electron chi connectivity index (χ3n) is 3.53. The monoisotopic (exact) mass is 349 g/mol. The molecule has 3 aromatic rings. The first-order valence-electron chi connectivity index (χ1n) is 7.27. The Morgan fingerprint density at radius 1 is 1.38 bits per heavy atom. The lowest BCUT2D eigenvalue weighted by atomic mass is 10.1. The summed E-state index contributed by atoms with van der Waals surface area (Å²) in [4.78, 5) is 16.5. The van der Waals surface area contributed by atoms with Gasteiger partial charge in [-0.05, 0) is 31.5 Å². The zero-order valence-corrected chi connectivity index (χ0v) is 14.2. The van der Waals surface area contributed by atoms with E-state index < -0.39 is 0 Å². The number of ether oxygens (including phenoxy) is 1. The molecular formula is C16H16ClN3O4. The van der Waals surface area contributed by atoms with Crippen LogP contribution in [-0.2, 0) is 17.9 Å². The Bertz CT molecular complexity index is 900. The first-order valence-corrected chi connectivity index (χ1v) is 7.65. The normalized spacial score (nSPS) is 11.2. The van der Waals surface area contributed by atoms with E-state index in [1.54, 1.807) is 6.07 Å². The number of nitrogens with zero attached hydrogens (tertiary/aromatic N) is 2. The Morgan fingerprint density at radius 2 is 2.17 bits per heavy atom. The van der Waals surface area contributed by atoms with Crippen molar-refractivity contribution in [2.45, 2.75) is 27.0 Å². The molecule has 2 aromatic heterocycles. The molecule has 0 saturated carbocycles. The van der Waals surface area contributed by atoms with Crippen molar-refractivity contribution in [2.24, 2.45) is 0 Å². The van der Waals surface area contributed by atoms with Crippen LogP contribution in [0.3, 0.4) is 0 Å². The van der Waals surface area contributed by atoms with Crippen LogP contribution in [0.25, 0.3) is 11.0 Å². The molecule has 0 aliphatic rings. The van der Waals surface area contributed by atoms with E-state index in [9.17, 15) is 4.79 Å². The minimum absolute atomic E-state index is 0.120. The van der Waals surface area contributed by atoms with E-state index in [4.69, 9.17) is 25.3 Å². The maximum absolute atomic E-state index is 12.4. The van der Waals surface area contributed by atoms with E-state index in [0.29, 0.717) is 22.3 Å². The Hall–Kier alpha value is -2.38. The molecule has 2 heterocycles. The van der Waals surface area contributed by atoms with Gasteiger partial charge in [0.1, 0.15) is 6.61 Å². The van der Waals surface area contributed by atoms with Crippen LogP contribution in [0.4, 0.5) is 0 Å². The second kappa shape index (κ2) is 6.62. The number of halogens is 1. The first kappa shape index (κ1) is 16.5. The minimum Gasteiger partial charge on any atom is -0.449 e. The number of benzene rings is 1. The van der Waals surface area contributed by atoms with Crippen molar-refractivity contribution in [3.8, 4) is 0 Å². The van der Waals surface area contributed by atoms with Crippen molar-refractivity contribution in [2.75, 3.05) is 7.11 Å². The van der Waals surface area contributed by atoms with Crippen LogP contribution < -0.4 is 5.32 Å². The number of hydrogen-bond acceptors (Lipinski definition) is 6. The fourth-order valence-electron chi connectivity index (χ4n) is 2.41. The number of aryl methyl sites for hydroxylation is 2. The topological polar surface area (TPSA) is 90.4 Å². The Balaban J connectivity index is 1.78. The van der Waals surface area contributed by atoms with Crippen molar-refractivity contribution in [1.82, 2.24) is 15.5 Å². The van der Waals surface area contributed by atoms with E-state index in [1.807, 2.05) is 19.9 Å². The smallest absolute Gasteiger partial charge is 0.287 e. The number of amides is 1. The number of hydrogen-bond donors (Lipinski definition) is 1. The number of fused-ring (bicyclic) bond motifs is 1. The highest BCUT2D eigenvalue weighted by Gasteiger charge is 2.20. The number of nitrogens with one attached hydrogen (secondary N) is 1. The van der Waals surface area contributed by atoms with Crippen LogP contribution in [0.15, 0.2) is 21.1 Å². The van der Waals surface area contributed by atoms with Crippen molar-refractivity contribution in [1.29, 1.82) is 0 Å². The summed E-state index contributed by atoms with van der Waals surface area (Å²) >= 11 is 6.19. The lowest BCUT2D eigenvalue weighted by molar-refractivity contribution is 0.0923. The SMILES string of the molecule is COCc1nc(CNC(=O)c2oc3c(Cl)cc(C)cc3c2C)no1. The van der Waals surface area contributed by atoms with Gasteiger partial charge in [-0.25, -0.2) is 0 Å². The van der Waals surface area contributed by atoms with Gasteiger partial charge in [-0.1, -0.05) is 16.8 Å². The van der Waals surface area contributed by atoms with Crippen molar-refractivity contribution >= 4 is 28.5 Å². The lowest BCUT2D eigenvalue weighted by Gasteiger charge is -2.00. The molecule has 1 N–H and O–H groups in total. The molecular weight excluding hydrogens is 334 g/mol. The van der Waals surface area contributed by atoms with E-state index >= 15 is 0 Å². The number of rotatable bonds is 5. The second-order valence-corrected chi connectivity index (χ2v) is 5.81. The van der Waals surface area contributed by atoms with Crippen LogP contribution in [-0.4, -0.2) is 23.2 Å². The van der Waals surface area contributed by atoms with E-state index in [1.165, 1.54) is 7.11 Å². The zero-order chi connectivity index (χ0) is 17.3. The number of furan rings is 1. The predicted molar refractivity (Wildman–Crippen MR) is 86.9 cm³/mol. The van der Waals surface area contributed by atoms with Crippen LogP contribution in [0.1, 0.15) is 33.4 Å². The summed E-state index contributed by atoms with van der Waals surface area (Å²) in [6.45, 7) is 4.10. The summed E-state index contributed by atoms with van der Waals surface area (Å²) in [5.74, 6) is 0.565. The fourth-order valence-corrected chi connectivity index (χ4v) is 2.72. The van der Waals surface area contributed by atoms with Crippen LogP contribution >= 0.6 is 11.6 Å². The summed E-state index contributed by atoms with van der Waals surface area (Å²) in [5, 5.41) is 7.77. The van der Waals surface area contributed by atoms with Crippen molar-refractivity contribution < 1.29 is 18.5 Å². The molecule has 8 heteroatoms. The Kier molecular flexibility index (Phi) is 4.55. The second-order valence-electron chi connectivity index (χ2n) is 5.40. The Morgan fingerprint density at radius 3 is 2.92 bits per heavy atom. The molecule has 0 atom stereocenters. The third kappa shape index (κ3) is 3.13. The number of carbonyl (C=O) groups excluding carboxylic acids is 1. The quantitative estimate of drug-likeness (QED) is 0.760. The molecule has 24 heavy (non-hydrogen) atoms. The standard InChI is InChI=1S/C16H16ClN3O4/c1-8-4-10-9(2)14(23-15(10)11(17)5-8)16(21)18-6-12-19-13(7-22-3)24-20-12/h4-5H,6-7H2,1-3H3,(H,18,21). The Labute approximate surface area is 142 Å². The maximum Gasteiger partial charge on any atom is 0.287 e. The molecule has 1 aromatic carbocycles. The van der Waals surface area contributed by atoms with Crippen LogP contribution in [0, 0.1) is 13.8 Å². The van der Waals surface area contributed by atoms with Gasteiger partial charge in [0.25, 0.3) is 11.8 Å². The average molecular weight is 350 g/mol. The van der Waals surface area contributed by atoms with E-state index in [0.717, 1.165) is 16.5 Å². The summed E-state index contributed by atoms with van der Waals surface area (Å²) < 4.78 is 15.5. The molecule has 126 valence electrons. The molecule has 0 fully saturated rings. The molecule has 0 aliphatic carbocycles. The number of aromatic nitrogens is 2. The highest BCUT2D eigenvalue weighted by atomic mass is 35.5. The average Bonchev–Trinajstić information content (AvgIpc) is 3.11. The van der Waals surface area contributed by atoms with E-state index in [2.05, 4.69) is 15.5 Å². The summed E-state index contributed by atoms with van der Waals surface area (Å²) in [5.41, 5.74) is 2.24. The molecule has 0 bridgehead atoms. The molecule has 0 radical (unpaired) electrons. The van der Waals surface area contributed by atoms with Gasteiger partial charge in [0.05, 0.1) is 11.6 Å². The molecule has 7 nitrogen and oxygen atoms in total. The lowest BCUT2D eigenvalue weighted by Crippen LogP contribution is -2.23. The van der Waals surface area contributed by atoms with Crippen LogP contribution in [0.5, 0.6) is 0 Å². The summed E-state index contributed by atoms with van der Waals surface area (Å²) in [6.07, 6.45) is 0. The first-order chi connectivity index (χ1) is 11.5. The summed E-state index contributed by atoms with van der Waals surface area (Å²) in [7, 11) is 1.53. The molecule has 3 rings (SSSR count). The maximum atomic E-state index is 12.4. The largest absolute Gasteiger partial charge is 0.449 e. The van der Waals surface area contributed by atoms with Gasteiger partial charge in [0, 0.05) is 18.1 Å². The highest BCUT2D eigenvalue weighted by Crippen LogP contribution is 2.32. The third-order valence-corrected chi connectivity index (χ3v) is 3.81. The molecule has 0 spiro atoms. The number of carbonyl (C=O) groups is 1. The van der Waals surface area contributed by atoms with Gasteiger partial charge in [-0.3, -0.25) is 4.79 Å². The van der Waals surface area contributed by atoms with Gasteiger partial charge in [0.2, 0.25) is 0 Å². The van der Waals surface area contributed by atoms with Crippen LogP contribution in [0.2, 0.25) is 5.02 Å². The zero-order valence-electron chi connectivity index (χ0n) is 13.5. The van der Waals surface area contributed by atoms with Gasteiger partial charge in [0.15, 0.2) is 17.2 Å². The minimum atomic E-state index is -0.365. The van der Waals surface area contributed by atoms with Gasteiger partial charge in [-0.15, -0.1) is 0 Å². The fraction of sp³-hybridized carbons (Fsp3) is 0.312. The van der Waals surface area contributed by atoms with Gasteiger partial charge in [-0.2, -0.15) is 4.98 Å². The predicted octanol–water partition coefficient (Wildman–Crippen LogP) is 3.16. The molecule has 1 amide bonds. The molecule has 0 aliphatic heterocycles. The molecule has 0 saturated heterocycles. The van der Waals surface area contributed by atoms with Gasteiger partial charge < -0.3 is 19.0 Å².